The third-order valence-corrected chi connectivity index (χ3v) is 8.51. The fraction of sp³-hybridized carbons (Fsp3) is 0.821. The Hall–Kier alpha value is -3.87. The lowest BCUT2D eigenvalue weighted by Crippen LogP contribution is -2.41. The first-order valence-electron chi connectivity index (χ1n) is 20.6. The molecule has 0 saturated heterocycles. The summed E-state index contributed by atoms with van der Waals surface area (Å²) in [5, 5.41) is 31.1. The van der Waals surface area contributed by atoms with Gasteiger partial charge in [-0.3, -0.25) is 28.8 Å². The van der Waals surface area contributed by atoms with Gasteiger partial charge in [-0.25, -0.2) is 4.79 Å². The SMILES string of the molecule is CC(=O)NCCNC(=O)COCCOCCNC(=O)COCCOCCNC(=O)CC[C@H](NC(=O)CCCCCCCCCCCCCCCCC(=O)O)C(=O)O. The number of unbranched alkanes of at least 4 members (excludes halogenated alkanes) is 13. The van der Waals surface area contributed by atoms with Gasteiger partial charge in [0.2, 0.25) is 29.5 Å². The molecule has 7 N–H and O–H groups in total. The topological polar surface area (TPSA) is 257 Å². The molecule has 0 aliphatic heterocycles. The number of rotatable bonds is 41. The monoisotopic (exact) mass is 818 g/mol. The Morgan fingerprint density at radius 3 is 1.30 bits per heavy atom. The van der Waals surface area contributed by atoms with E-state index in [-0.39, 0.29) is 121 Å². The standard InChI is InChI=1S/C39H71N5O13/c1-32(45)40-20-21-41-36(48)30-56-28-27-55-25-23-43-37(49)31-57-29-26-54-24-22-42-34(46)19-18-33(39(52)53)44-35(47)16-14-12-10-8-6-4-2-3-5-7-9-11-13-15-17-38(50)51/h33H,2-31H2,1H3,(H,40,45)(H,41,48)(H,42,46)(H,43,49)(H,44,47)(H,50,51)(H,52,53)/t33-/m0/s1. The van der Waals surface area contributed by atoms with Crippen molar-refractivity contribution in [2.24, 2.45) is 0 Å². The zero-order valence-electron chi connectivity index (χ0n) is 34.2. The number of aliphatic carboxylic acids is 2. The van der Waals surface area contributed by atoms with Crippen LogP contribution in [0.15, 0.2) is 0 Å². The van der Waals surface area contributed by atoms with E-state index in [1.54, 1.807) is 0 Å². The van der Waals surface area contributed by atoms with E-state index >= 15 is 0 Å². The molecule has 18 nitrogen and oxygen atoms in total. The Labute approximate surface area is 338 Å². The third-order valence-electron chi connectivity index (χ3n) is 8.51. The highest BCUT2D eigenvalue weighted by molar-refractivity contribution is 5.84. The van der Waals surface area contributed by atoms with Crippen LogP contribution in [-0.4, -0.2) is 137 Å². The molecule has 57 heavy (non-hydrogen) atoms. The first kappa shape index (κ1) is 53.1. The molecule has 330 valence electrons. The molecule has 0 fully saturated rings. The molecule has 0 saturated carbocycles. The summed E-state index contributed by atoms with van der Waals surface area (Å²) in [7, 11) is 0. The fourth-order valence-electron chi connectivity index (χ4n) is 5.41. The van der Waals surface area contributed by atoms with E-state index in [1.807, 2.05) is 0 Å². The van der Waals surface area contributed by atoms with E-state index in [0.717, 1.165) is 38.5 Å². The normalized spacial score (nSPS) is 11.4. The van der Waals surface area contributed by atoms with Crippen molar-refractivity contribution in [3.63, 3.8) is 0 Å². The Kier molecular flexibility index (Phi) is 36.3. The second-order valence-corrected chi connectivity index (χ2v) is 13.7. The Balaban J connectivity index is 3.65. The van der Waals surface area contributed by atoms with Gasteiger partial charge in [-0.1, -0.05) is 77.0 Å². The van der Waals surface area contributed by atoms with Gasteiger partial charge < -0.3 is 55.7 Å². The van der Waals surface area contributed by atoms with Crippen LogP contribution in [0.2, 0.25) is 0 Å². The number of carbonyl (C=O) groups is 7. The van der Waals surface area contributed by atoms with E-state index in [2.05, 4.69) is 26.6 Å². The second-order valence-electron chi connectivity index (χ2n) is 13.7. The van der Waals surface area contributed by atoms with Gasteiger partial charge in [-0.05, 0) is 19.3 Å². The fourth-order valence-corrected chi connectivity index (χ4v) is 5.41. The van der Waals surface area contributed by atoms with Gasteiger partial charge in [0.25, 0.3) is 0 Å². The first-order chi connectivity index (χ1) is 27.5. The maximum absolute atomic E-state index is 12.3. The molecule has 1 atom stereocenters. The number of amides is 5. The average molecular weight is 818 g/mol. The van der Waals surface area contributed by atoms with Crippen LogP contribution < -0.4 is 26.6 Å². The Morgan fingerprint density at radius 2 is 0.842 bits per heavy atom. The molecule has 0 unspecified atom stereocenters. The van der Waals surface area contributed by atoms with Crippen molar-refractivity contribution < 1.29 is 62.7 Å². The van der Waals surface area contributed by atoms with Crippen LogP contribution in [0.1, 0.15) is 122 Å². The second kappa shape index (κ2) is 39.0. The summed E-state index contributed by atoms with van der Waals surface area (Å²) in [6.45, 7) is 3.52. The highest BCUT2D eigenvalue weighted by atomic mass is 16.5. The lowest BCUT2D eigenvalue weighted by atomic mass is 10.0. The lowest BCUT2D eigenvalue weighted by molar-refractivity contribution is -0.142. The molecule has 0 aromatic rings. The molecule has 0 aromatic heterocycles. The van der Waals surface area contributed by atoms with Crippen LogP contribution in [0.5, 0.6) is 0 Å². The van der Waals surface area contributed by atoms with Gasteiger partial charge in [0.15, 0.2) is 0 Å². The molecular formula is C39H71N5O13. The van der Waals surface area contributed by atoms with E-state index in [9.17, 15) is 38.7 Å². The minimum Gasteiger partial charge on any atom is -0.481 e. The minimum absolute atomic E-state index is 0.0269. The van der Waals surface area contributed by atoms with E-state index < -0.39 is 18.0 Å². The zero-order valence-corrected chi connectivity index (χ0v) is 34.2. The van der Waals surface area contributed by atoms with Crippen molar-refractivity contribution >= 4 is 41.5 Å². The van der Waals surface area contributed by atoms with Gasteiger partial charge in [0, 0.05) is 52.4 Å². The van der Waals surface area contributed by atoms with Crippen molar-refractivity contribution in [1.82, 2.24) is 26.6 Å². The summed E-state index contributed by atoms with van der Waals surface area (Å²) in [5.74, 6) is -3.38. The quantitative estimate of drug-likeness (QED) is 0.0438. The molecule has 5 amide bonds. The van der Waals surface area contributed by atoms with E-state index in [0.29, 0.717) is 19.5 Å². The maximum Gasteiger partial charge on any atom is 0.326 e. The molecule has 0 heterocycles. The molecule has 0 aromatic carbocycles. The summed E-state index contributed by atoms with van der Waals surface area (Å²) in [5.41, 5.74) is 0. The van der Waals surface area contributed by atoms with Crippen LogP contribution in [0.4, 0.5) is 0 Å². The lowest BCUT2D eigenvalue weighted by Gasteiger charge is -2.14. The number of carboxylic acid groups (broad SMARTS) is 2. The van der Waals surface area contributed by atoms with Crippen LogP contribution >= 0.6 is 0 Å². The van der Waals surface area contributed by atoms with Gasteiger partial charge >= 0.3 is 11.9 Å². The summed E-state index contributed by atoms with van der Waals surface area (Å²) in [4.78, 5) is 80.8. The van der Waals surface area contributed by atoms with Gasteiger partial charge in [0.1, 0.15) is 19.3 Å². The maximum atomic E-state index is 12.3. The molecule has 0 spiro atoms. The van der Waals surface area contributed by atoms with Crippen molar-refractivity contribution in [2.75, 3.05) is 79.0 Å². The van der Waals surface area contributed by atoms with Crippen molar-refractivity contribution in [2.45, 2.75) is 129 Å². The van der Waals surface area contributed by atoms with Crippen molar-refractivity contribution in [3.05, 3.63) is 0 Å². The average Bonchev–Trinajstić information content (AvgIpc) is 3.16. The van der Waals surface area contributed by atoms with Gasteiger partial charge in [-0.15, -0.1) is 0 Å². The van der Waals surface area contributed by atoms with Crippen LogP contribution in [-0.2, 0) is 52.5 Å². The number of hydrogen-bond acceptors (Lipinski definition) is 11. The number of carbonyl (C=O) groups excluding carboxylic acids is 5. The Morgan fingerprint density at radius 1 is 0.439 bits per heavy atom. The summed E-state index contributed by atoms with van der Waals surface area (Å²) < 4.78 is 21.1. The Bertz CT molecular complexity index is 1110. The number of hydrogen-bond donors (Lipinski definition) is 7. The molecule has 0 aliphatic carbocycles. The van der Waals surface area contributed by atoms with Crippen LogP contribution in [0.3, 0.4) is 0 Å². The van der Waals surface area contributed by atoms with Crippen LogP contribution in [0.25, 0.3) is 0 Å². The molecule has 0 aliphatic rings. The van der Waals surface area contributed by atoms with E-state index in [4.69, 9.17) is 24.1 Å². The minimum atomic E-state index is -1.18. The molecule has 0 bridgehead atoms. The number of carboxylic acids is 2. The van der Waals surface area contributed by atoms with Crippen LogP contribution in [0, 0.1) is 0 Å². The molecular weight excluding hydrogens is 746 g/mol. The van der Waals surface area contributed by atoms with Gasteiger partial charge in [-0.2, -0.15) is 0 Å². The predicted octanol–water partition coefficient (Wildman–Crippen LogP) is 2.21. The molecule has 18 heteroatoms. The van der Waals surface area contributed by atoms with Gasteiger partial charge in [0.05, 0.1) is 39.6 Å². The zero-order chi connectivity index (χ0) is 42.2. The predicted molar refractivity (Wildman–Crippen MR) is 211 cm³/mol. The van der Waals surface area contributed by atoms with E-state index in [1.165, 1.54) is 51.9 Å². The largest absolute Gasteiger partial charge is 0.481 e. The number of ether oxygens (including phenoxy) is 4. The summed E-state index contributed by atoms with van der Waals surface area (Å²) in [6, 6.07) is -1.14. The summed E-state index contributed by atoms with van der Waals surface area (Å²) in [6.07, 6.45) is 15.5. The van der Waals surface area contributed by atoms with Crippen molar-refractivity contribution in [1.29, 1.82) is 0 Å². The smallest absolute Gasteiger partial charge is 0.326 e. The summed E-state index contributed by atoms with van der Waals surface area (Å²) >= 11 is 0. The molecule has 0 radical (unpaired) electrons. The molecule has 0 rings (SSSR count). The van der Waals surface area contributed by atoms with Crippen molar-refractivity contribution in [3.8, 4) is 0 Å². The highest BCUT2D eigenvalue weighted by Crippen LogP contribution is 2.14. The number of nitrogens with one attached hydrogen (secondary N) is 5. The highest BCUT2D eigenvalue weighted by Gasteiger charge is 2.20. The third kappa shape index (κ3) is 40.1. The first-order valence-corrected chi connectivity index (χ1v) is 20.6.